The predicted octanol–water partition coefficient (Wildman–Crippen LogP) is 5.35. The van der Waals surface area contributed by atoms with Crippen molar-refractivity contribution < 1.29 is 17.9 Å². The summed E-state index contributed by atoms with van der Waals surface area (Å²) in [7, 11) is 0. The molecule has 0 fully saturated rings. The van der Waals surface area contributed by atoms with Crippen LogP contribution in [0.3, 0.4) is 0 Å². The van der Waals surface area contributed by atoms with Gasteiger partial charge in [-0.3, -0.25) is 0 Å². The first-order valence-electron chi connectivity index (χ1n) is 5.88. The van der Waals surface area contributed by atoms with E-state index in [0.29, 0.717) is 22.3 Å². The van der Waals surface area contributed by atoms with Gasteiger partial charge < -0.3 is 10.1 Å². The normalized spacial score (nSPS) is 10.8. The molecule has 0 atom stereocenters. The highest BCUT2D eigenvalue weighted by atomic mass is 35.5. The second-order valence-electron chi connectivity index (χ2n) is 4.13. The molecule has 0 bridgehead atoms. The van der Waals surface area contributed by atoms with Crippen LogP contribution in [0, 0.1) is 5.82 Å². The molecule has 21 heavy (non-hydrogen) atoms. The van der Waals surface area contributed by atoms with Gasteiger partial charge in [-0.2, -0.15) is 8.78 Å². The molecule has 0 unspecified atom stereocenters. The molecule has 0 amide bonds. The standard InChI is InChI=1S/C14H10Cl2F3NO/c15-10-3-1-8(5-11(10)16)7-20-9-2-4-13(12(17)6-9)21-14(18)19/h1-6,14,20H,7H2. The Morgan fingerprint density at radius 2 is 1.81 bits per heavy atom. The van der Waals surface area contributed by atoms with E-state index in [2.05, 4.69) is 10.1 Å². The van der Waals surface area contributed by atoms with Gasteiger partial charge in [-0.1, -0.05) is 29.3 Å². The highest BCUT2D eigenvalue weighted by Crippen LogP contribution is 2.25. The first kappa shape index (κ1) is 15.8. The predicted molar refractivity (Wildman–Crippen MR) is 76.8 cm³/mol. The van der Waals surface area contributed by atoms with Crippen LogP contribution in [0.15, 0.2) is 36.4 Å². The summed E-state index contributed by atoms with van der Waals surface area (Å²) in [5, 5.41) is 3.81. The van der Waals surface area contributed by atoms with Crippen molar-refractivity contribution in [2.24, 2.45) is 0 Å². The minimum atomic E-state index is -3.06. The molecule has 2 nitrogen and oxygen atoms in total. The van der Waals surface area contributed by atoms with Gasteiger partial charge in [0.15, 0.2) is 11.6 Å². The molecule has 1 N–H and O–H groups in total. The Labute approximate surface area is 129 Å². The van der Waals surface area contributed by atoms with E-state index in [0.717, 1.165) is 17.7 Å². The van der Waals surface area contributed by atoms with Crippen molar-refractivity contribution >= 4 is 28.9 Å². The van der Waals surface area contributed by atoms with Gasteiger partial charge in [-0.15, -0.1) is 0 Å². The number of hydrogen-bond donors (Lipinski definition) is 1. The van der Waals surface area contributed by atoms with Crippen molar-refractivity contribution in [1.82, 2.24) is 0 Å². The zero-order valence-corrected chi connectivity index (χ0v) is 12.1. The van der Waals surface area contributed by atoms with E-state index in [4.69, 9.17) is 23.2 Å². The molecule has 0 aromatic heterocycles. The third-order valence-electron chi connectivity index (χ3n) is 2.63. The number of ether oxygens (including phenoxy) is 1. The highest BCUT2D eigenvalue weighted by molar-refractivity contribution is 6.42. The molecule has 0 aliphatic heterocycles. The van der Waals surface area contributed by atoms with Gasteiger partial charge >= 0.3 is 6.61 Å². The summed E-state index contributed by atoms with van der Waals surface area (Å²) in [6.45, 7) is -2.68. The second kappa shape index (κ2) is 6.91. The van der Waals surface area contributed by atoms with E-state index < -0.39 is 18.2 Å². The first-order valence-corrected chi connectivity index (χ1v) is 6.63. The Kier molecular flexibility index (Phi) is 5.20. The lowest BCUT2D eigenvalue weighted by Gasteiger charge is -2.10. The Morgan fingerprint density at radius 3 is 2.43 bits per heavy atom. The highest BCUT2D eigenvalue weighted by Gasteiger charge is 2.10. The van der Waals surface area contributed by atoms with Crippen molar-refractivity contribution in [3.05, 3.63) is 57.8 Å². The fourth-order valence-corrected chi connectivity index (χ4v) is 1.98. The van der Waals surface area contributed by atoms with Gasteiger partial charge in [0.05, 0.1) is 10.0 Å². The number of alkyl halides is 2. The van der Waals surface area contributed by atoms with E-state index in [1.807, 2.05) is 0 Å². The van der Waals surface area contributed by atoms with Crippen LogP contribution in [0.1, 0.15) is 5.56 Å². The smallest absolute Gasteiger partial charge is 0.387 e. The van der Waals surface area contributed by atoms with Gasteiger partial charge in [0.25, 0.3) is 0 Å². The number of halogens is 5. The summed E-state index contributed by atoms with van der Waals surface area (Å²) < 4.78 is 41.6. The molecular weight excluding hydrogens is 326 g/mol. The summed E-state index contributed by atoms with van der Waals surface area (Å²) in [5.41, 5.74) is 1.28. The molecule has 0 radical (unpaired) electrons. The van der Waals surface area contributed by atoms with Crippen LogP contribution in [-0.4, -0.2) is 6.61 Å². The topological polar surface area (TPSA) is 21.3 Å². The lowest BCUT2D eigenvalue weighted by Crippen LogP contribution is -2.05. The average Bonchev–Trinajstić information content (AvgIpc) is 2.42. The van der Waals surface area contributed by atoms with E-state index >= 15 is 0 Å². The molecule has 7 heteroatoms. The van der Waals surface area contributed by atoms with Crippen LogP contribution in [-0.2, 0) is 6.54 Å². The largest absolute Gasteiger partial charge is 0.432 e. The average molecular weight is 336 g/mol. The Bertz CT molecular complexity index is 638. The number of nitrogens with one attached hydrogen (secondary N) is 1. The zero-order chi connectivity index (χ0) is 15.4. The van der Waals surface area contributed by atoms with Crippen molar-refractivity contribution in [2.45, 2.75) is 13.2 Å². The molecular formula is C14H10Cl2F3NO. The number of anilines is 1. The Hall–Kier alpha value is -1.59. The van der Waals surface area contributed by atoms with Gasteiger partial charge in [-0.25, -0.2) is 4.39 Å². The molecule has 112 valence electrons. The number of rotatable bonds is 5. The van der Waals surface area contributed by atoms with Gasteiger partial charge in [-0.05, 0) is 29.8 Å². The van der Waals surface area contributed by atoms with E-state index in [9.17, 15) is 13.2 Å². The Morgan fingerprint density at radius 1 is 1.05 bits per heavy atom. The maximum absolute atomic E-state index is 13.5. The maximum Gasteiger partial charge on any atom is 0.387 e. The Balaban J connectivity index is 2.03. The lowest BCUT2D eigenvalue weighted by molar-refractivity contribution is -0.0521. The minimum Gasteiger partial charge on any atom is -0.432 e. The van der Waals surface area contributed by atoms with Gasteiger partial charge in [0, 0.05) is 18.3 Å². The molecule has 0 aliphatic rings. The summed E-state index contributed by atoms with van der Waals surface area (Å²) >= 11 is 11.7. The number of benzene rings is 2. The van der Waals surface area contributed by atoms with Crippen LogP contribution in [0.5, 0.6) is 5.75 Å². The van der Waals surface area contributed by atoms with E-state index in [1.165, 1.54) is 6.07 Å². The second-order valence-corrected chi connectivity index (χ2v) is 4.94. The van der Waals surface area contributed by atoms with Gasteiger partial charge in [0.1, 0.15) is 0 Å². The van der Waals surface area contributed by atoms with Crippen molar-refractivity contribution in [1.29, 1.82) is 0 Å². The SMILES string of the molecule is Fc1cc(NCc2ccc(Cl)c(Cl)c2)ccc1OC(F)F. The van der Waals surface area contributed by atoms with Gasteiger partial charge in [0.2, 0.25) is 0 Å². The maximum atomic E-state index is 13.5. The quantitative estimate of drug-likeness (QED) is 0.795. The van der Waals surface area contributed by atoms with Crippen LogP contribution < -0.4 is 10.1 Å². The zero-order valence-electron chi connectivity index (χ0n) is 10.5. The van der Waals surface area contributed by atoms with Crippen molar-refractivity contribution in [3.63, 3.8) is 0 Å². The van der Waals surface area contributed by atoms with Crippen molar-refractivity contribution in [2.75, 3.05) is 5.32 Å². The monoisotopic (exact) mass is 335 g/mol. The van der Waals surface area contributed by atoms with Crippen LogP contribution >= 0.6 is 23.2 Å². The van der Waals surface area contributed by atoms with Crippen molar-refractivity contribution in [3.8, 4) is 5.75 Å². The fraction of sp³-hybridized carbons (Fsp3) is 0.143. The van der Waals surface area contributed by atoms with E-state index in [1.54, 1.807) is 18.2 Å². The molecule has 2 aromatic rings. The number of hydrogen-bond acceptors (Lipinski definition) is 2. The summed E-state index contributed by atoms with van der Waals surface area (Å²) in [5.74, 6) is -1.36. The van der Waals surface area contributed by atoms with E-state index in [-0.39, 0.29) is 0 Å². The minimum absolute atomic E-state index is 0.380. The third-order valence-corrected chi connectivity index (χ3v) is 3.37. The van der Waals surface area contributed by atoms with Crippen LogP contribution in [0.4, 0.5) is 18.9 Å². The molecule has 0 aliphatic carbocycles. The first-order chi connectivity index (χ1) is 9.95. The summed E-state index contributed by atoms with van der Waals surface area (Å²) in [6, 6.07) is 8.76. The third kappa shape index (κ3) is 4.44. The molecule has 0 saturated heterocycles. The summed E-state index contributed by atoms with van der Waals surface area (Å²) in [4.78, 5) is 0. The molecule has 2 aromatic carbocycles. The summed E-state index contributed by atoms with van der Waals surface area (Å²) in [6.07, 6.45) is 0. The lowest BCUT2D eigenvalue weighted by atomic mass is 10.2. The van der Waals surface area contributed by atoms with Crippen LogP contribution in [0.25, 0.3) is 0 Å². The fourth-order valence-electron chi connectivity index (χ4n) is 1.66. The molecule has 2 rings (SSSR count). The van der Waals surface area contributed by atoms with Crippen LogP contribution in [0.2, 0.25) is 10.0 Å². The molecule has 0 heterocycles. The molecule has 0 saturated carbocycles. The molecule has 0 spiro atoms.